The van der Waals surface area contributed by atoms with E-state index < -0.39 is 10.0 Å². The van der Waals surface area contributed by atoms with Gasteiger partial charge in [-0.1, -0.05) is 11.6 Å². The van der Waals surface area contributed by atoms with Crippen LogP contribution in [0, 0.1) is 11.3 Å². The highest BCUT2D eigenvalue weighted by atomic mass is 35.5. The Kier molecular flexibility index (Phi) is 6.08. The van der Waals surface area contributed by atoms with Gasteiger partial charge in [0, 0.05) is 36.4 Å². The summed E-state index contributed by atoms with van der Waals surface area (Å²) in [5.74, 6) is 0. The molecule has 1 aliphatic rings. The first-order chi connectivity index (χ1) is 13.0. The highest BCUT2D eigenvalue weighted by molar-refractivity contribution is 7.89. The van der Waals surface area contributed by atoms with Crippen LogP contribution in [0.2, 0.25) is 5.02 Å². The van der Waals surface area contributed by atoms with E-state index in [-0.39, 0.29) is 18.0 Å². The van der Waals surface area contributed by atoms with Crippen LogP contribution >= 0.6 is 11.6 Å². The zero-order valence-corrected chi connectivity index (χ0v) is 15.9. The predicted molar refractivity (Wildman–Crippen MR) is 99.8 cm³/mol. The predicted octanol–water partition coefficient (Wildman–Crippen LogP) is 2.61. The number of nitrogens with zero attached hydrogens (tertiary/aromatic N) is 3. The summed E-state index contributed by atoms with van der Waals surface area (Å²) in [7, 11) is -3.55. The Morgan fingerprint density at radius 2 is 2.07 bits per heavy atom. The first-order valence-electron chi connectivity index (χ1n) is 8.16. The second-order valence-corrected chi connectivity index (χ2v) is 8.21. The van der Waals surface area contributed by atoms with Gasteiger partial charge < -0.3 is 0 Å². The van der Waals surface area contributed by atoms with Crippen molar-refractivity contribution in [2.75, 3.05) is 13.1 Å². The maximum Gasteiger partial charge on any atom is 0.243 e. The number of halogens is 1. The number of hydroxylamine groups is 1. The van der Waals surface area contributed by atoms with Crippen LogP contribution in [0.15, 0.2) is 59.3 Å². The summed E-state index contributed by atoms with van der Waals surface area (Å²) in [5.41, 5.74) is 4.77. The molecule has 3 rings (SSSR count). The van der Waals surface area contributed by atoms with Gasteiger partial charge in [0.05, 0.1) is 22.2 Å². The molecular weight excluding hydrogens is 388 g/mol. The fourth-order valence-corrected chi connectivity index (χ4v) is 4.05. The van der Waals surface area contributed by atoms with Gasteiger partial charge in [-0.3, -0.25) is 15.3 Å². The van der Waals surface area contributed by atoms with Gasteiger partial charge >= 0.3 is 0 Å². The molecule has 0 radical (unpaired) electrons. The Morgan fingerprint density at radius 1 is 1.30 bits per heavy atom. The van der Waals surface area contributed by atoms with Crippen molar-refractivity contribution in [3.8, 4) is 6.07 Å². The molecule has 0 atom stereocenters. The molecule has 2 heterocycles. The average molecular weight is 405 g/mol. The van der Waals surface area contributed by atoms with Crippen molar-refractivity contribution in [3.05, 3.63) is 70.6 Å². The minimum atomic E-state index is -3.55. The summed E-state index contributed by atoms with van der Waals surface area (Å²) in [4.78, 5) is 9.74. The number of rotatable bonds is 6. The molecule has 140 valence electrons. The van der Waals surface area contributed by atoms with E-state index in [1.807, 2.05) is 6.07 Å². The van der Waals surface area contributed by atoms with E-state index in [0.717, 1.165) is 5.70 Å². The van der Waals surface area contributed by atoms with Gasteiger partial charge in [-0.25, -0.2) is 8.42 Å². The number of benzene rings is 1. The van der Waals surface area contributed by atoms with E-state index in [1.165, 1.54) is 16.4 Å². The lowest BCUT2D eigenvalue weighted by Crippen LogP contribution is -2.36. The quantitative estimate of drug-likeness (QED) is 0.743. The van der Waals surface area contributed by atoms with Gasteiger partial charge in [-0.05, 0) is 42.5 Å². The monoisotopic (exact) mass is 404 g/mol. The molecule has 0 aliphatic carbocycles. The molecule has 0 saturated heterocycles. The summed E-state index contributed by atoms with van der Waals surface area (Å²) in [5, 5.41) is 9.37. The van der Waals surface area contributed by atoms with Crippen molar-refractivity contribution in [1.82, 2.24) is 14.8 Å². The van der Waals surface area contributed by atoms with Crippen LogP contribution in [-0.2, 0) is 21.5 Å². The third kappa shape index (κ3) is 4.84. The Labute approximate surface area is 162 Å². The molecule has 2 aromatic rings. The largest absolute Gasteiger partial charge is 0.271 e. The summed E-state index contributed by atoms with van der Waals surface area (Å²) >= 11 is 5.82. The molecular formula is C18H17ClN4O3S. The lowest BCUT2D eigenvalue weighted by molar-refractivity contribution is 0.0433. The van der Waals surface area contributed by atoms with Crippen LogP contribution in [-0.4, -0.2) is 30.8 Å². The van der Waals surface area contributed by atoms with Crippen molar-refractivity contribution in [2.45, 2.75) is 17.9 Å². The third-order valence-electron chi connectivity index (χ3n) is 3.99. The number of hydrogen-bond acceptors (Lipinski definition) is 6. The van der Waals surface area contributed by atoms with Crippen LogP contribution in [0.25, 0.3) is 0 Å². The van der Waals surface area contributed by atoms with Crippen molar-refractivity contribution in [3.63, 3.8) is 0 Å². The first-order valence-corrected chi connectivity index (χ1v) is 9.98. The molecule has 27 heavy (non-hydrogen) atoms. The smallest absolute Gasteiger partial charge is 0.243 e. The zero-order valence-electron chi connectivity index (χ0n) is 14.3. The molecule has 1 aliphatic heterocycles. The first kappa shape index (κ1) is 19.3. The average Bonchev–Trinajstić information content (AvgIpc) is 2.69. The number of sulfonamides is 1. The summed E-state index contributed by atoms with van der Waals surface area (Å²) in [6.45, 7) is 0.786. The summed E-state index contributed by atoms with van der Waals surface area (Å²) in [6.07, 6.45) is 3.82. The molecule has 0 amide bonds. The zero-order chi connectivity index (χ0) is 19.3. The van der Waals surface area contributed by atoms with Crippen LogP contribution in [0.4, 0.5) is 0 Å². The van der Waals surface area contributed by atoms with Gasteiger partial charge in [-0.2, -0.15) is 9.57 Å². The second kappa shape index (κ2) is 8.50. The lowest BCUT2D eigenvalue weighted by atomic mass is 10.2. The van der Waals surface area contributed by atoms with E-state index >= 15 is 0 Å². The fraction of sp³-hybridized carbons (Fsp3) is 0.222. The third-order valence-corrected chi connectivity index (χ3v) is 6.12. The van der Waals surface area contributed by atoms with Crippen molar-refractivity contribution < 1.29 is 13.3 Å². The molecule has 0 bridgehead atoms. The molecule has 0 unspecified atom stereocenters. The Morgan fingerprint density at radius 3 is 2.74 bits per heavy atom. The number of pyridine rings is 1. The minimum Gasteiger partial charge on any atom is -0.271 e. The second-order valence-electron chi connectivity index (χ2n) is 5.83. The maximum absolute atomic E-state index is 12.6. The van der Waals surface area contributed by atoms with E-state index in [2.05, 4.69) is 10.5 Å². The van der Waals surface area contributed by atoms with E-state index in [1.54, 1.807) is 36.5 Å². The molecule has 0 fully saturated rings. The van der Waals surface area contributed by atoms with E-state index in [9.17, 15) is 8.42 Å². The number of nitriles is 1. The topological polar surface area (TPSA) is 95.3 Å². The maximum atomic E-state index is 12.6. The Balaban J connectivity index is 1.55. The molecule has 9 heteroatoms. The highest BCUT2D eigenvalue weighted by Gasteiger charge is 2.26. The van der Waals surface area contributed by atoms with Crippen LogP contribution in [0.1, 0.15) is 17.7 Å². The molecule has 1 aromatic heterocycles. The van der Waals surface area contributed by atoms with Gasteiger partial charge in [0.2, 0.25) is 10.0 Å². The van der Waals surface area contributed by atoms with Crippen LogP contribution in [0.5, 0.6) is 0 Å². The number of aromatic nitrogens is 1. The van der Waals surface area contributed by atoms with Gasteiger partial charge in [0.25, 0.3) is 0 Å². The van der Waals surface area contributed by atoms with Crippen LogP contribution < -0.4 is 5.48 Å². The lowest BCUT2D eigenvalue weighted by Gasteiger charge is -2.26. The van der Waals surface area contributed by atoms with Gasteiger partial charge in [-0.15, -0.1) is 0 Å². The Hall–Kier alpha value is -2.44. The Bertz CT molecular complexity index is 984. The molecule has 0 spiro atoms. The summed E-state index contributed by atoms with van der Waals surface area (Å²) < 4.78 is 26.7. The summed E-state index contributed by atoms with van der Waals surface area (Å²) in [6, 6.07) is 11.4. The normalized spacial score (nSPS) is 15.0. The molecule has 1 aromatic carbocycles. The van der Waals surface area contributed by atoms with Gasteiger partial charge in [0.1, 0.15) is 6.61 Å². The molecule has 7 nitrogen and oxygen atoms in total. The number of nitrogens with one attached hydrogen (secondary N) is 1. The van der Waals surface area contributed by atoms with Gasteiger partial charge in [0.15, 0.2) is 0 Å². The highest BCUT2D eigenvalue weighted by Crippen LogP contribution is 2.21. The SMILES string of the molecule is N#Cc1ccnc(CONC2=CCN(S(=O)(=O)c3ccc(Cl)cc3)CC2)c1. The van der Waals surface area contributed by atoms with E-state index in [0.29, 0.717) is 29.2 Å². The fourth-order valence-electron chi connectivity index (χ4n) is 2.55. The standard InChI is InChI=1S/C18H17ClN4O3S/c19-15-1-3-18(4-2-15)27(24,25)23-9-6-16(7-10-23)22-26-13-17-11-14(12-20)5-8-21-17/h1-6,8,11,22H,7,9-10,13H2. The van der Waals surface area contributed by atoms with Crippen LogP contribution in [0.3, 0.4) is 0 Å². The van der Waals surface area contributed by atoms with Crippen molar-refractivity contribution in [2.24, 2.45) is 0 Å². The minimum absolute atomic E-state index is 0.194. The van der Waals surface area contributed by atoms with E-state index in [4.69, 9.17) is 21.7 Å². The van der Waals surface area contributed by atoms with Crippen molar-refractivity contribution in [1.29, 1.82) is 5.26 Å². The molecule has 1 N–H and O–H groups in total. The molecule has 0 saturated carbocycles. The van der Waals surface area contributed by atoms with Crippen molar-refractivity contribution >= 4 is 21.6 Å². The number of hydrogen-bond donors (Lipinski definition) is 1.